The Morgan fingerprint density at radius 1 is 0.840 bits per heavy atom. The zero-order chi connectivity index (χ0) is 17.2. The van der Waals surface area contributed by atoms with Gasteiger partial charge in [-0.2, -0.15) is 0 Å². The van der Waals surface area contributed by atoms with Crippen LogP contribution in [0.5, 0.6) is 5.75 Å². The Bertz CT molecular complexity index is 937. The predicted molar refractivity (Wildman–Crippen MR) is 99.5 cm³/mol. The second-order valence-corrected chi connectivity index (χ2v) is 6.25. The first-order chi connectivity index (χ1) is 12.3. The van der Waals surface area contributed by atoms with Gasteiger partial charge in [-0.1, -0.05) is 78.4 Å². The molecule has 4 rings (SSSR count). The van der Waals surface area contributed by atoms with Crippen LogP contribution in [0.25, 0.3) is 5.76 Å². The molecule has 0 fully saturated rings. The lowest BCUT2D eigenvalue weighted by molar-refractivity contribution is -0.105. The second-order valence-electron chi connectivity index (χ2n) is 6.25. The number of ether oxygens (including phenoxy) is 1. The van der Waals surface area contributed by atoms with Gasteiger partial charge in [0.25, 0.3) is 0 Å². The number of allylic oxidation sites excluding steroid dienone is 1. The van der Waals surface area contributed by atoms with Crippen LogP contribution in [0.1, 0.15) is 28.2 Å². The fourth-order valence-corrected chi connectivity index (χ4v) is 3.33. The largest absolute Gasteiger partial charge is 0.456 e. The molecule has 1 heterocycles. The average Bonchev–Trinajstić information content (AvgIpc) is 2.68. The van der Waals surface area contributed by atoms with Crippen LogP contribution in [0, 0.1) is 6.92 Å². The molecule has 25 heavy (non-hydrogen) atoms. The predicted octanol–water partition coefficient (Wildman–Crippen LogP) is 5.13. The van der Waals surface area contributed by atoms with Crippen LogP contribution < -0.4 is 4.74 Å². The molecule has 0 amide bonds. The van der Waals surface area contributed by atoms with E-state index in [1.165, 1.54) is 5.56 Å². The van der Waals surface area contributed by atoms with Gasteiger partial charge in [-0.25, -0.2) is 0 Å². The molecule has 0 saturated carbocycles. The Morgan fingerprint density at radius 2 is 1.52 bits per heavy atom. The highest BCUT2D eigenvalue weighted by Crippen LogP contribution is 2.44. The summed E-state index contributed by atoms with van der Waals surface area (Å²) in [5.74, 6) is 1.32. The quantitative estimate of drug-likeness (QED) is 0.624. The molecule has 122 valence electrons. The first kappa shape index (κ1) is 15.4. The molecule has 0 aromatic heterocycles. The maximum atomic E-state index is 12.1. The van der Waals surface area contributed by atoms with Gasteiger partial charge in [0.2, 0.25) is 0 Å². The lowest BCUT2D eigenvalue weighted by Gasteiger charge is -2.29. The van der Waals surface area contributed by atoms with Gasteiger partial charge in [0.15, 0.2) is 6.29 Å². The number of hydrogen-bond donors (Lipinski definition) is 0. The van der Waals surface area contributed by atoms with Crippen molar-refractivity contribution in [2.75, 3.05) is 0 Å². The molecular formula is C23H18O2. The summed E-state index contributed by atoms with van der Waals surface area (Å²) in [4.78, 5) is 12.1. The molecule has 1 unspecified atom stereocenters. The SMILES string of the molecule is Cc1ccc(C2C(C=O)=C(c3ccccc3)Oc3ccccc32)cc1. The van der Waals surface area contributed by atoms with E-state index < -0.39 is 0 Å². The fourth-order valence-electron chi connectivity index (χ4n) is 3.33. The molecule has 1 aliphatic rings. The van der Waals surface area contributed by atoms with Crippen molar-refractivity contribution in [3.63, 3.8) is 0 Å². The van der Waals surface area contributed by atoms with E-state index in [0.29, 0.717) is 11.3 Å². The Labute approximate surface area is 147 Å². The van der Waals surface area contributed by atoms with Gasteiger partial charge in [-0.05, 0) is 18.6 Å². The van der Waals surface area contributed by atoms with Crippen LogP contribution in [-0.2, 0) is 4.79 Å². The molecule has 3 aromatic carbocycles. The Balaban J connectivity index is 1.95. The second kappa shape index (κ2) is 6.40. The third kappa shape index (κ3) is 2.76. The highest BCUT2D eigenvalue weighted by molar-refractivity contribution is 5.91. The minimum absolute atomic E-state index is 0.127. The monoisotopic (exact) mass is 326 g/mol. The lowest BCUT2D eigenvalue weighted by Crippen LogP contribution is -2.17. The zero-order valence-electron chi connectivity index (χ0n) is 14.0. The number of carbonyl (C=O) groups is 1. The summed E-state index contributed by atoms with van der Waals surface area (Å²) in [6.45, 7) is 2.06. The van der Waals surface area contributed by atoms with Crippen LogP contribution in [0.4, 0.5) is 0 Å². The topological polar surface area (TPSA) is 26.3 Å². The van der Waals surface area contributed by atoms with Crippen molar-refractivity contribution >= 4 is 12.0 Å². The van der Waals surface area contributed by atoms with Crippen molar-refractivity contribution in [1.82, 2.24) is 0 Å². The van der Waals surface area contributed by atoms with Crippen molar-refractivity contribution < 1.29 is 9.53 Å². The van der Waals surface area contributed by atoms with Crippen molar-refractivity contribution in [1.29, 1.82) is 0 Å². The van der Waals surface area contributed by atoms with Gasteiger partial charge in [0.05, 0.1) is 0 Å². The van der Waals surface area contributed by atoms with E-state index in [1.807, 2.05) is 54.6 Å². The highest BCUT2D eigenvalue weighted by atomic mass is 16.5. The van der Waals surface area contributed by atoms with Crippen LogP contribution >= 0.6 is 0 Å². The minimum atomic E-state index is -0.127. The Hall–Kier alpha value is -3.13. The molecule has 0 saturated heterocycles. The van der Waals surface area contributed by atoms with Crippen LogP contribution in [0.3, 0.4) is 0 Å². The van der Waals surface area contributed by atoms with Crippen LogP contribution in [0.2, 0.25) is 0 Å². The minimum Gasteiger partial charge on any atom is -0.456 e. The number of rotatable bonds is 3. The number of hydrogen-bond acceptors (Lipinski definition) is 2. The molecule has 2 heteroatoms. The summed E-state index contributed by atoms with van der Waals surface area (Å²) in [6, 6.07) is 26.1. The van der Waals surface area contributed by atoms with Crippen molar-refractivity contribution in [3.8, 4) is 5.75 Å². The molecule has 2 nitrogen and oxygen atoms in total. The highest BCUT2D eigenvalue weighted by Gasteiger charge is 2.31. The lowest BCUT2D eigenvalue weighted by atomic mass is 9.81. The molecule has 0 N–H and O–H groups in total. The van der Waals surface area contributed by atoms with E-state index in [1.54, 1.807) is 0 Å². The van der Waals surface area contributed by atoms with Gasteiger partial charge in [0.1, 0.15) is 11.5 Å². The summed E-state index contributed by atoms with van der Waals surface area (Å²) in [7, 11) is 0. The van der Waals surface area contributed by atoms with Crippen molar-refractivity contribution in [2.45, 2.75) is 12.8 Å². The first-order valence-electron chi connectivity index (χ1n) is 8.36. The van der Waals surface area contributed by atoms with Crippen molar-refractivity contribution in [3.05, 3.63) is 107 Å². The van der Waals surface area contributed by atoms with E-state index in [2.05, 4.69) is 31.2 Å². The number of aldehydes is 1. The van der Waals surface area contributed by atoms with Gasteiger partial charge < -0.3 is 4.74 Å². The third-order valence-electron chi connectivity index (χ3n) is 4.59. The van der Waals surface area contributed by atoms with Crippen LogP contribution in [-0.4, -0.2) is 6.29 Å². The number of fused-ring (bicyclic) bond motifs is 1. The molecular weight excluding hydrogens is 308 g/mol. The summed E-state index contributed by atoms with van der Waals surface area (Å²) < 4.78 is 6.15. The number of para-hydroxylation sites is 1. The smallest absolute Gasteiger partial charge is 0.150 e. The van der Waals surface area contributed by atoms with Gasteiger partial charge in [0, 0.05) is 22.6 Å². The molecule has 0 radical (unpaired) electrons. The van der Waals surface area contributed by atoms with Crippen LogP contribution in [0.15, 0.2) is 84.4 Å². The van der Waals surface area contributed by atoms with E-state index in [0.717, 1.165) is 28.7 Å². The number of carbonyl (C=O) groups excluding carboxylic acids is 1. The molecule has 1 aliphatic heterocycles. The summed E-state index contributed by atoms with van der Waals surface area (Å²) in [5, 5.41) is 0. The average molecular weight is 326 g/mol. The molecule has 3 aromatic rings. The molecule has 0 bridgehead atoms. The Kier molecular flexibility index (Phi) is 3.95. The van der Waals surface area contributed by atoms with E-state index in [-0.39, 0.29) is 5.92 Å². The maximum absolute atomic E-state index is 12.1. The van der Waals surface area contributed by atoms with E-state index >= 15 is 0 Å². The standard InChI is InChI=1S/C23H18O2/c1-16-11-13-17(14-12-16)22-19-9-5-6-10-21(19)25-23(20(22)15-24)18-7-3-2-4-8-18/h2-15,22H,1H3. The summed E-state index contributed by atoms with van der Waals surface area (Å²) in [5.41, 5.74) is 4.89. The summed E-state index contributed by atoms with van der Waals surface area (Å²) in [6.07, 6.45) is 0.933. The molecule has 1 atom stereocenters. The number of aryl methyl sites for hydroxylation is 1. The van der Waals surface area contributed by atoms with Gasteiger partial charge >= 0.3 is 0 Å². The third-order valence-corrected chi connectivity index (χ3v) is 4.59. The van der Waals surface area contributed by atoms with E-state index in [4.69, 9.17) is 4.74 Å². The molecule has 0 aliphatic carbocycles. The normalized spacial score (nSPS) is 16.1. The zero-order valence-corrected chi connectivity index (χ0v) is 14.0. The maximum Gasteiger partial charge on any atom is 0.150 e. The fraction of sp³-hybridized carbons (Fsp3) is 0.0870. The van der Waals surface area contributed by atoms with Gasteiger partial charge in [-0.3, -0.25) is 4.79 Å². The van der Waals surface area contributed by atoms with E-state index in [9.17, 15) is 4.79 Å². The number of benzene rings is 3. The van der Waals surface area contributed by atoms with Crippen molar-refractivity contribution in [2.24, 2.45) is 0 Å². The molecule has 0 spiro atoms. The first-order valence-corrected chi connectivity index (χ1v) is 8.36. The summed E-state index contributed by atoms with van der Waals surface area (Å²) >= 11 is 0. The van der Waals surface area contributed by atoms with Gasteiger partial charge in [-0.15, -0.1) is 0 Å². The Morgan fingerprint density at radius 3 is 2.24 bits per heavy atom.